The summed E-state index contributed by atoms with van der Waals surface area (Å²) in [7, 11) is 1.66. The molecule has 2 heterocycles. The van der Waals surface area contributed by atoms with Gasteiger partial charge < -0.3 is 10.2 Å². The lowest BCUT2D eigenvalue weighted by Crippen LogP contribution is -2.45. The summed E-state index contributed by atoms with van der Waals surface area (Å²) in [5.41, 5.74) is 4.07. The number of amides is 2. The summed E-state index contributed by atoms with van der Waals surface area (Å²) in [6.07, 6.45) is 3.92. The van der Waals surface area contributed by atoms with E-state index < -0.39 is 6.04 Å². The van der Waals surface area contributed by atoms with Gasteiger partial charge in [0.15, 0.2) is 0 Å². The molecule has 0 saturated carbocycles. The number of carbonyl (C=O) groups is 2. The van der Waals surface area contributed by atoms with Gasteiger partial charge in [-0.05, 0) is 47.0 Å². The summed E-state index contributed by atoms with van der Waals surface area (Å²) in [6, 6.07) is 16.1. The molecule has 0 radical (unpaired) electrons. The highest BCUT2D eigenvalue weighted by atomic mass is 35.5. The fourth-order valence-electron chi connectivity index (χ4n) is 3.38. The van der Waals surface area contributed by atoms with E-state index in [1.807, 2.05) is 36.4 Å². The van der Waals surface area contributed by atoms with E-state index in [9.17, 15) is 9.59 Å². The van der Waals surface area contributed by atoms with Crippen molar-refractivity contribution in [3.63, 3.8) is 0 Å². The van der Waals surface area contributed by atoms with E-state index in [1.165, 1.54) is 4.90 Å². The number of pyridine rings is 1. The van der Waals surface area contributed by atoms with Crippen molar-refractivity contribution in [3.8, 4) is 11.1 Å². The number of hydrogen-bond acceptors (Lipinski definition) is 3. The molecule has 0 aliphatic carbocycles. The third kappa shape index (κ3) is 3.49. The predicted octanol–water partition coefficient (Wildman–Crippen LogP) is 3.72. The molecule has 2 aromatic carbocycles. The number of hydrogen-bond donors (Lipinski definition) is 1. The second kappa shape index (κ2) is 7.44. The lowest BCUT2D eigenvalue weighted by Gasteiger charge is -2.21. The Morgan fingerprint density at radius 2 is 1.68 bits per heavy atom. The Morgan fingerprint density at radius 3 is 2.39 bits per heavy atom. The van der Waals surface area contributed by atoms with Crippen LogP contribution in [0.4, 0.5) is 5.69 Å². The van der Waals surface area contributed by atoms with E-state index in [-0.39, 0.29) is 11.8 Å². The molecule has 140 valence electrons. The highest BCUT2D eigenvalue weighted by Crippen LogP contribution is 2.27. The number of halogens is 1. The number of carbonyl (C=O) groups excluding carboxylic acids is 2. The average molecular weight is 392 g/mol. The van der Waals surface area contributed by atoms with Gasteiger partial charge in [-0.2, -0.15) is 0 Å². The molecule has 2 amide bonds. The Kier molecular flexibility index (Phi) is 4.84. The fraction of sp³-hybridized carbons (Fsp3) is 0.136. The van der Waals surface area contributed by atoms with Gasteiger partial charge in [-0.15, -0.1) is 0 Å². The zero-order valence-electron chi connectivity index (χ0n) is 15.2. The van der Waals surface area contributed by atoms with Crippen LogP contribution in [0.2, 0.25) is 5.02 Å². The second-order valence-electron chi connectivity index (χ2n) is 6.72. The molecule has 1 aromatic heterocycles. The van der Waals surface area contributed by atoms with Crippen LogP contribution in [0.25, 0.3) is 11.1 Å². The number of rotatable bonds is 3. The molecule has 6 heteroatoms. The van der Waals surface area contributed by atoms with Crippen LogP contribution in [-0.2, 0) is 11.2 Å². The van der Waals surface area contributed by atoms with Crippen LogP contribution < -0.4 is 10.2 Å². The van der Waals surface area contributed by atoms with Gasteiger partial charge >= 0.3 is 0 Å². The van der Waals surface area contributed by atoms with E-state index in [2.05, 4.69) is 10.3 Å². The Bertz CT molecular complexity index is 1040. The molecule has 1 N–H and O–H groups in total. The minimum absolute atomic E-state index is 0.174. The molecule has 0 bridgehead atoms. The molecule has 1 aliphatic rings. The lowest BCUT2D eigenvalue weighted by molar-refractivity contribution is -0.120. The van der Waals surface area contributed by atoms with E-state index >= 15 is 0 Å². The van der Waals surface area contributed by atoms with Crippen molar-refractivity contribution in [2.24, 2.45) is 0 Å². The number of benzene rings is 2. The van der Waals surface area contributed by atoms with Crippen LogP contribution in [0.1, 0.15) is 15.9 Å². The summed E-state index contributed by atoms with van der Waals surface area (Å²) < 4.78 is 0. The molecule has 28 heavy (non-hydrogen) atoms. The molecule has 1 unspecified atom stereocenters. The SMILES string of the molecule is CN1C(=O)C(Cc2ccc(-c3ccncc3)cc2)NC(=O)c2ccc(Cl)cc21. The van der Waals surface area contributed by atoms with E-state index in [0.717, 1.165) is 16.7 Å². The van der Waals surface area contributed by atoms with Crippen LogP contribution in [0.15, 0.2) is 67.0 Å². The van der Waals surface area contributed by atoms with Gasteiger partial charge in [0, 0.05) is 30.9 Å². The van der Waals surface area contributed by atoms with Crippen molar-refractivity contribution in [1.82, 2.24) is 10.3 Å². The van der Waals surface area contributed by atoms with E-state index in [0.29, 0.717) is 22.7 Å². The van der Waals surface area contributed by atoms with Crippen molar-refractivity contribution < 1.29 is 9.59 Å². The predicted molar refractivity (Wildman–Crippen MR) is 109 cm³/mol. The molecule has 4 rings (SSSR count). The molecule has 1 atom stereocenters. The standard InChI is InChI=1S/C22H18ClN3O2/c1-26-20-13-17(23)6-7-18(20)21(27)25-19(22(26)28)12-14-2-4-15(5-3-14)16-8-10-24-11-9-16/h2-11,13,19H,12H2,1H3,(H,25,27). The number of anilines is 1. The summed E-state index contributed by atoms with van der Waals surface area (Å²) in [5.74, 6) is -0.449. The summed E-state index contributed by atoms with van der Waals surface area (Å²) in [4.78, 5) is 31.1. The highest BCUT2D eigenvalue weighted by molar-refractivity contribution is 6.31. The first-order valence-corrected chi connectivity index (χ1v) is 9.28. The third-order valence-corrected chi connectivity index (χ3v) is 5.14. The van der Waals surface area contributed by atoms with E-state index in [1.54, 1.807) is 37.6 Å². The molecule has 0 fully saturated rings. The number of likely N-dealkylation sites (N-methyl/N-ethyl adjacent to an activating group) is 1. The van der Waals surface area contributed by atoms with Crippen molar-refractivity contribution in [3.05, 3.63) is 83.1 Å². The summed E-state index contributed by atoms with van der Waals surface area (Å²) in [5, 5.41) is 3.33. The van der Waals surface area contributed by atoms with Crippen molar-refractivity contribution in [2.75, 3.05) is 11.9 Å². The molecule has 0 spiro atoms. The van der Waals surface area contributed by atoms with Gasteiger partial charge in [0.1, 0.15) is 6.04 Å². The van der Waals surface area contributed by atoms with Crippen molar-refractivity contribution >= 4 is 29.1 Å². The minimum atomic E-state index is -0.643. The molecule has 0 saturated heterocycles. The Hall–Kier alpha value is -3.18. The zero-order valence-corrected chi connectivity index (χ0v) is 16.0. The van der Waals surface area contributed by atoms with Gasteiger partial charge in [-0.25, -0.2) is 0 Å². The van der Waals surface area contributed by atoms with Crippen LogP contribution in [0.3, 0.4) is 0 Å². The third-order valence-electron chi connectivity index (χ3n) is 4.91. The second-order valence-corrected chi connectivity index (χ2v) is 7.16. The zero-order chi connectivity index (χ0) is 19.7. The Morgan fingerprint density at radius 1 is 1.00 bits per heavy atom. The maximum absolute atomic E-state index is 12.9. The fourth-order valence-corrected chi connectivity index (χ4v) is 3.54. The monoisotopic (exact) mass is 391 g/mol. The summed E-state index contributed by atoms with van der Waals surface area (Å²) in [6.45, 7) is 0. The normalized spacial score (nSPS) is 16.4. The first-order chi connectivity index (χ1) is 13.5. The Balaban J connectivity index is 1.57. The number of aromatic nitrogens is 1. The number of fused-ring (bicyclic) bond motifs is 1. The first kappa shape index (κ1) is 18.2. The van der Waals surface area contributed by atoms with Gasteiger partial charge in [0.2, 0.25) is 5.91 Å². The number of nitrogens with one attached hydrogen (secondary N) is 1. The van der Waals surface area contributed by atoms with Crippen LogP contribution in [-0.4, -0.2) is 29.9 Å². The molecular formula is C22H18ClN3O2. The topological polar surface area (TPSA) is 62.3 Å². The smallest absolute Gasteiger partial charge is 0.254 e. The summed E-state index contributed by atoms with van der Waals surface area (Å²) >= 11 is 6.05. The Labute approximate surface area is 168 Å². The maximum Gasteiger partial charge on any atom is 0.254 e. The van der Waals surface area contributed by atoms with Crippen LogP contribution in [0.5, 0.6) is 0 Å². The van der Waals surface area contributed by atoms with Gasteiger partial charge in [0.05, 0.1) is 11.3 Å². The van der Waals surface area contributed by atoms with Crippen molar-refractivity contribution in [2.45, 2.75) is 12.5 Å². The molecule has 3 aromatic rings. The number of nitrogens with zero attached hydrogens (tertiary/aromatic N) is 2. The largest absolute Gasteiger partial charge is 0.340 e. The van der Waals surface area contributed by atoms with Crippen molar-refractivity contribution in [1.29, 1.82) is 0 Å². The van der Waals surface area contributed by atoms with Crippen LogP contribution in [0, 0.1) is 0 Å². The average Bonchev–Trinajstić information content (AvgIpc) is 2.80. The van der Waals surface area contributed by atoms with E-state index in [4.69, 9.17) is 11.6 Å². The minimum Gasteiger partial charge on any atom is -0.340 e. The van der Waals surface area contributed by atoms with Gasteiger partial charge in [-0.1, -0.05) is 35.9 Å². The quantitative estimate of drug-likeness (QED) is 0.740. The van der Waals surface area contributed by atoms with Gasteiger partial charge in [0.25, 0.3) is 5.91 Å². The maximum atomic E-state index is 12.9. The van der Waals surface area contributed by atoms with Gasteiger partial charge in [-0.3, -0.25) is 14.6 Å². The molecular weight excluding hydrogens is 374 g/mol. The molecule has 1 aliphatic heterocycles. The highest BCUT2D eigenvalue weighted by Gasteiger charge is 2.31. The van der Waals surface area contributed by atoms with Crippen LogP contribution >= 0.6 is 11.6 Å². The molecule has 5 nitrogen and oxygen atoms in total. The first-order valence-electron chi connectivity index (χ1n) is 8.90. The lowest BCUT2D eigenvalue weighted by atomic mass is 10.0.